The second kappa shape index (κ2) is 4.42. The van der Waals surface area contributed by atoms with Crippen LogP contribution in [0.1, 0.15) is 19.4 Å². The van der Waals surface area contributed by atoms with Crippen LogP contribution in [0.25, 0.3) is 0 Å². The number of nitrogens with zero attached hydrogens (tertiary/aromatic N) is 1. The second-order valence-corrected chi connectivity index (χ2v) is 5.24. The minimum absolute atomic E-state index is 0.219. The lowest BCUT2D eigenvalue weighted by Gasteiger charge is -2.20. The summed E-state index contributed by atoms with van der Waals surface area (Å²) in [5, 5.41) is 0.791. The van der Waals surface area contributed by atoms with Crippen molar-refractivity contribution in [1.29, 1.82) is 0 Å². The van der Waals surface area contributed by atoms with Gasteiger partial charge in [-0.05, 0) is 38.0 Å². The number of anilines is 1. The van der Waals surface area contributed by atoms with Gasteiger partial charge in [-0.1, -0.05) is 17.7 Å². The van der Waals surface area contributed by atoms with Gasteiger partial charge >= 0.3 is 0 Å². The highest BCUT2D eigenvalue weighted by Gasteiger charge is 2.14. The molecule has 2 nitrogen and oxygen atoms in total. The molecule has 84 valence electrons. The summed E-state index contributed by atoms with van der Waals surface area (Å²) in [6.45, 7) is 4.01. The van der Waals surface area contributed by atoms with E-state index in [1.165, 1.54) is 0 Å². The third-order valence-electron chi connectivity index (χ3n) is 2.20. The van der Waals surface area contributed by atoms with Gasteiger partial charge in [-0.15, -0.1) is 0 Å². The average molecular weight is 227 g/mol. The number of nitrogens with two attached hydrogens (primary N) is 1. The zero-order valence-corrected chi connectivity index (χ0v) is 10.6. The van der Waals surface area contributed by atoms with Crippen LogP contribution in [0.15, 0.2) is 18.2 Å². The molecule has 0 atom stereocenters. The van der Waals surface area contributed by atoms with Crippen LogP contribution in [-0.2, 0) is 6.42 Å². The third-order valence-corrected chi connectivity index (χ3v) is 2.55. The Balaban J connectivity index is 2.94. The fourth-order valence-corrected chi connectivity index (χ4v) is 1.69. The predicted octanol–water partition coefficient (Wildman–Crippen LogP) is 2.69. The van der Waals surface area contributed by atoms with E-state index in [1.54, 1.807) is 0 Å². The number of hydrogen-bond acceptors (Lipinski definition) is 2. The van der Waals surface area contributed by atoms with Crippen LogP contribution in [0.2, 0.25) is 5.02 Å². The molecular formula is C12H19ClN2. The van der Waals surface area contributed by atoms with Gasteiger partial charge < -0.3 is 10.6 Å². The molecule has 0 spiro atoms. The summed E-state index contributed by atoms with van der Waals surface area (Å²) in [6, 6.07) is 6.09. The van der Waals surface area contributed by atoms with Crippen LogP contribution in [-0.4, -0.2) is 19.6 Å². The van der Waals surface area contributed by atoms with Crippen molar-refractivity contribution in [3.63, 3.8) is 0 Å². The fraction of sp³-hybridized carbons (Fsp3) is 0.500. The van der Waals surface area contributed by atoms with Gasteiger partial charge in [0.1, 0.15) is 0 Å². The summed E-state index contributed by atoms with van der Waals surface area (Å²) >= 11 is 6.20. The lowest BCUT2D eigenvalue weighted by Crippen LogP contribution is -2.34. The lowest BCUT2D eigenvalue weighted by atomic mass is 9.96. The molecule has 0 aliphatic rings. The Labute approximate surface area is 97.0 Å². The van der Waals surface area contributed by atoms with Crippen molar-refractivity contribution in [2.75, 3.05) is 19.0 Å². The van der Waals surface area contributed by atoms with Gasteiger partial charge in [0.25, 0.3) is 0 Å². The monoisotopic (exact) mass is 226 g/mol. The summed E-state index contributed by atoms with van der Waals surface area (Å²) in [5.74, 6) is 0. The maximum atomic E-state index is 6.20. The van der Waals surface area contributed by atoms with E-state index in [9.17, 15) is 0 Å². The van der Waals surface area contributed by atoms with E-state index in [4.69, 9.17) is 17.3 Å². The molecule has 3 heteroatoms. The topological polar surface area (TPSA) is 29.3 Å². The fourth-order valence-electron chi connectivity index (χ4n) is 1.45. The van der Waals surface area contributed by atoms with Crippen molar-refractivity contribution in [2.45, 2.75) is 25.8 Å². The SMILES string of the molecule is CN(C)c1ccc(CC(C)(C)N)c(Cl)c1. The Morgan fingerprint density at radius 2 is 1.93 bits per heavy atom. The Bertz CT molecular complexity index is 340. The highest BCUT2D eigenvalue weighted by Crippen LogP contribution is 2.25. The lowest BCUT2D eigenvalue weighted by molar-refractivity contribution is 0.517. The molecule has 1 aromatic carbocycles. The summed E-state index contributed by atoms with van der Waals surface area (Å²) in [4.78, 5) is 2.03. The Hall–Kier alpha value is -0.730. The molecule has 0 aliphatic carbocycles. The van der Waals surface area contributed by atoms with Crippen molar-refractivity contribution in [3.8, 4) is 0 Å². The van der Waals surface area contributed by atoms with Crippen molar-refractivity contribution in [1.82, 2.24) is 0 Å². The molecule has 0 saturated carbocycles. The zero-order valence-electron chi connectivity index (χ0n) is 9.84. The minimum Gasteiger partial charge on any atom is -0.378 e. The molecule has 15 heavy (non-hydrogen) atoms. The summed E-state index contributed by atoms with van der Waals surface area (Å²) in [5.41, 5.74) is 7.96. The van der Waals surface area contributed by atoms with E-state index >= 15 is 0 Å². The van der Waals surface area contributed by atoms with Crippen molar-refractivity contribution < 1.29 is 0 Å². The molecule has 2 N–H and O–H groups in total. The molecule has 0 fully saturated rings. The van der Waals surface area contributed by atoms with Crippen LogP contribution in [0, 0.1) is 0 Å². The predicted molar refractivity (Wildman–Crippen MR) is 67.7 cm³/mol. The maximum Gasteiger partial charge on any atom is 0.0459 e. The standard InChI is InChI=1S/C12H19ClN2/c1-12(2,14)8-9-5-6-10(15(3)4)7-11(9)13/h5-7H,8,14H2,1-4H3. The van der Waals surface area contributed by atoms with Crippen molar-refractivity contribution in [2.24, 2.45) is 5.73 Å². The number of hydrogen-bond donors (Lipinski definition) is 1. The number of halogens is 1. The minimum atomic E-state index is -0.219. The third kappa shape index (κ3) is 3.73. The van der Waals surface area contributed by atoms with Gasteiger partial charge in [-0.2, -0.15) is 0 Å². The van der Waals surface area contributed by atoms with Gasteiger partial charge in [0.2, 0.25) is 0 Å². The summed E-state index contributed by atoms with van der Waals surface area (Å²) in [7, 11) is 4.00. The molecule has 0 aromatic heterocycles. The van der Waals surface area contributed by atoms with Gasteiger partial charge in [0.05, 0.1) is 0 Å². The largest absolute Gasteiger partial charge is 0.378 e. The first-order valence-corrected chi connectivity index (χ1v) is 5.42. The summed E-state index contributed by atoms with van der Waals surface area (Å²) in [6.07, 6.45) is 0.791. The van der Waals surface area contributed by atoms with E-state index in [0.717, 1.165) is 22.7 Å². The molecule has 1 aromatic rings. The normalized spacial score (nSPS) is 11.6. The van der Waals surface area contributed by atoms with Crippen LogP contribution in [0.5, 0.6) is 0 Å². The van der Waals surface area contributed by atoms with Crippen molar-refractivity contribution in [3.05, 3.63) is 28.8 Å². The van der Waals surface area contributed by atoms with Gasteiger partial charge in [-0.25, -0.2) is 0 Å². The molecular weight excluding hydrogens is 208 g/mol. The van der Waals surface area contributed by atoms with Gasteiger partial charge in [-0.3, -0.25) is 0 Å². The zero-order chi connectivity index (χ0) is 11.6. The molecule has 0 radical (unpaired) electrons. The van der Waals surface area contributed by atoms with Gasteiger partial charge in [0, 0.05) is 30.3 Å². The molecule has 0 unspecified atom stereocenters. The van der Waals surface area contributed by atoms with E-state index < -0.39 is 0 Å². The maximum absolute atomic E-state index is 6.20. The van der Waals surface area contributed by atoms with Crippen LogP contribution >= 0.6 is 11.6 Å². The Morgan fingerprint density at radius 1 is 1.33 bits per heavy atom. The number of rotatable bonds is 3. The molecule has 0 saturated heterocycles. The first-order valence-electron chi connectivity index (χ1n) is 5.04. The molecule has 0 aliphatic heterocycles. The van der Waals surface area contributed by atoms with Crippen LogP contribution < -0.4 is 10.6 Å². The van der Waals surface area contributed by atoms with Gasteiger partial charge in [0.15, 0.2) is 0 Å². The first-order chi connectivity index (χ1) is 6.79. The Kier molecular flexibility index (Phi) is 3.63. The number of benzene rings is 1. The van der Waals surface area contributed by atoms with Crippen molar-refractivity contribution >= 4 is 17.3 Å². The smallest absolute Gasteiger partial charge is 0.0459 e. The molecule has 0 heterocycles. The van der Waals surface area contributed by atoms with E-state index in [1.807, 2.05) is 45.0 Å². The first kappa shape index (κ1) is 12.3. The summed E-state index contributed by atoms with van der Waals surface area (Å²) < 4.78 is 0. The quantitative estimate of drug-likeness (QED) is 0.859. The highest BCUT2D eigenvalue weighted by molar-refractivity contribution is 6.31. The molecule has 0 bridgehead atoms. The average Bonchev–Trinajstić information content (AvgIpc) is 2.05. The van der Waals surface area contributed by atoms with E-state index in [2.05, 4.69) is 6.07 Å². The molecule has 1 rings (SSSR count). The van der Waals surface area contributed by atoms with Crippen LogP contribution in [0.3, 0.4) is 0 Å². The molecule has 0 amide bonds. The second-order valence-electron chi connectivity index (χ2n) is 4.84. The Morgan fingerprint density at radius 3 is 2.33 bits per heavy atom. The van der Waals surface area contributed by atoms with E-state index in [0.29, 0.717) is 0 Å². The van der Waals surface area contributed by atoms with E-state index in [-0.39, 0.29) is 5.54 Å². The van der Waals surface area contributed by atoms with Crippen LogP contribution in [0.4, 0.5) is 5.69 Å². The highest BCUT2D eigenvalue weighted by atomic mass is 35.5.